The Morgan fingerprint density at radius 1 is 0.846 bits per heavy atom. The Bertz CT molecular complexity index is 933. The molecule has 3 rings (SSSR count). The third-order valence-corrected chi connectivity index (χ3v) is 7.90. The molecule has 0 spiro atoms. The number of sulfonamides is 1. The molecule has 0 unspecified atom stereocenters. The molecule has 4 nitrogen and oxygen atoms in total. The molecule has 1 aliphatic heterocycles. The van der Waals surface area contributed by atoms with E-state index in [0.29, 0.717) is 31.1 Å². The molecule has 6 heteroatoms. The summed E-state index contributed by atoms with van der Waals surface area (Å²) < 4.78 is 28.8. The Morgan fingerprint density at radius 3 is 2.12 bits per heavy atom. The van der Waals surface area contributed by atoms with Crippen molar-refractivity contribution < 1.29 is 8.42 Å². The van der Waals surface area contributed by atoms with E-state index in [1.807, 2.05) is 19.9 Å². The molecule has 1 heterocycles. The number of hydrogen-bond donors (Lipinski definition) is 0. The van der Waals surface area contributed by atoms with Crippen molar-refractivity contribution in [1.82, 2.24) is 4.31 Å². The summed E-state index contributed by atoms with van der Waals surface area (Å²) in [6.07, 6.45) is 0. The first-order valence-electron chi connectivity index (χ1n) is 8.79. The third-order valence-electron chi connectivity index (χ3n) is 5.01. The van der Waals surface area contributed by atoms with Gasteiger partial charge >= 0.3 is 0 Å². The molecule has 140 valence electrons. The number of rotatable bonds is 3. The van der Waals surface area contributed by atoms with Crippen molar-refractivity contribution in [2.24, 2.45) is 0 Å². The molecule has 0 radical (unpaired) electrons. The number of aryl methyl sites for hydroxylation is 4. The van der Waals surface area contributed by atoms with Gasteiger partial charge in [0.1, 0.15) is 0 Å². The van der Waals surface area contributed by atoms with Crippen LogP contribution in [0, 0.1) is 27.7 Å². The summed E-state index contributed by atoms with van der Waals surface area (Å²) in [7, 11) is -3.47. The van der Waals surface area contributed by atoms with E-state index < -0.39 is 10.0 Å². The molecule has 1 fully saturated rings. The smallest absolute Gasteiger partial charge is 0.243 e. The Labute approximate surface area is 165 Å². The van der Waals surface area contributed by atoms with E-state index in [1.165, 1.54) is 16.8 Å². The maximum absolute atomic E-state index is 13.1. The lowest BCUT2D eigenvalue weighted by atomic mass is 10.1. The monoisotopic (exact) mass is 436 g/mol. The van der Waals surface area contributed by atoms with Gasteiger partial charge in [-0.15, -0.1) is 0 Å². The summed E-state index contributed by atoms with van der Waals surface area (Å²) in [6, 6.07) is 10.1. The minimum absolute atomic E-state index is 0.415. The first-order chi connectivity index (χ1) is 12.2. The Hall–Kier alpha value is -1.37. The van der Waals surface area contributed by atoms with Crippen molar-refractivity contribution in [2.75, 3.05) is 31.1 Å². The number of benzene rings is 2. The number of halogens is 1. The standard InChI is InChI=1S/C20H25BrN2O2S/c1-14-5-6-19(16(3)11-14)22-7-9-23(10-8-22)26(24,25)20-13-15(2)18(21)12-17(20)4/h5-6,11-13H,7-10H2,1-4H3. The van der Waals surface area contributed by atoms with Gasteiger partial charge in [0, 0.05) is 36.3 Å². The van der Waals surface area contributed by atoms with Crippen LogP contribution in [0.3, 0.4) is 0 Å². The molecule has 0 aliphatic carbocycles. The van der Waals surface area contributed by atoms with Gasteiger partial charge in [0.15, 0.2) is 0 Å². The predicted molar refractivity (Wildman–Crippen MR) is 111 cm³/mol. The fourth-order valence-corrected chi connectivity index (χ4v) is 5.67. The van der Waals surface area contributed by atoms with Gasteiger partial charge in [-0.05, 0) is 62.6 Å². The van der Waals surface area contributed by atoms with Crippen molar-refractivity contribution in [1.29, 1.82) is 0 Å². The Kier molecular flexibility index (Phi) is 5.47. The summed E-state index contributed by atoms with van der Waals surface area (Å²) in [4.78, 5) is 2.69. The van der Waals surface area contributed by atoms with Crippen LogP contribution in [0.5, 0.6) is 0 Å². The zero-order chi connectivity index (χ0) is 19.1. The SMILES string of the molecule is Cc1ccc(N2CCN(S(=O)(=O)c3cc(C)c(Br)cc3C)CC2)c(C)c1. The maximum atomic E-state index is 13.1. The number of nitrogens with zero attached hydrogens (tertiary/aromatic N) is 2. The first kappa shape index (κ1) is 19.4. The van der Waals surface area contributed by atoms with Crippen LogP contribution in [0.15, 0.2) is 39.7 Å². The predicted octanol–water partition coefficient (Wildman–Crippen LogP) is 4.19. The maximum Gasteiger partial charge on any atom is 0.243 e. The second-order valence-electron chi connectivity index (χ2n) is 7.05. The van der Waals surface area contributed by atoms with Crippen LogP contribution < -0.4 is 4.90 Å². The molecule has 0 N–H and O–H groups in total. The van der Waals surface area contributed by atoms with E-state index in [0.717, 1.165) is 15.6 Å². The summed E-state index contributed by atoms with van der Waals surface area (Å²) in [5.74, 6) is 0. The summed E-state index contributed by atoms with van der Waals surface area (Å²) in [5.41, 5.74) is 5.39. The lowest BCUT2D eigenvalue weighted by Crippen LogP contribution is -2.49. The van der Waals surface area contributed by atoms with Gasteiger partial charge in [-0.3, -0.25) is 0 Å². The van der Waals surface area contributed by atoms with Crippen LogP contribution in [-0.4, -0.2) is 38.9 Å². The summed E-state index contributed by atoms with van der Waals surface area (Å²) in [5, 5.41) is 0. The van der Waals surface area contributed by atoms with Gasteiger partial charge in [0.2, 0.25) is 10.0 Å². The van der Waals surface area contributed by atoms with Gasteiger partial charge in [0.05, 0.1) is 4.90 Å². The molecule has 0 atom stereocenters. The summed E-state index contributed by atoms with van der Waals surface area (Å²) in [6.45, 7) is 10.4. The lowest BCUT2D eigenvalue weighted by Gasteiger charge is -2.36. The van der Waals surface area contributed by atoms with Crippen LogP contribution >= 0.6 is 15.9 Å². The van der Waals surface area contributed by atoms with Crippen LogP contribution in [0.1, 0.15) is 22.3 Å². The van der Waals surface area contributed by atoms with E-state index in [4.69, 9.17) is 0 Å². The minimum Gasteiger partial charge on any atom is -0.369 e. The molecular formula is C20H25BrN2O2S. The molecule has 0 saturated carbocycles. The van der Waals surface area contributed by atoms with Crippen LogP contribution in [0.2, 0.25) is 0 Å². The van der Waals surface area contributed by atoms with Gasteiger partial charge in [-0.25, -0.2) is 8.42 Å². The Balaban J connectivity index is 1.80. The minimum atomic E-state index is -3.47. The topological polar surface area (TPSA) is 40.6 Å². The molecule has 1 saturated heterocycles. The molecule has 0 bridgehead atoms. The number of hydrogen-bond acceptors (Lipinski definition) is 3. The zero-order valence-corrected chi connectivity index (χ0v) is 18.1. The van der Waals surface area contributed by atoms with Gasteiger partial charge in [-0.2, -0.15) is 4.31 Å². The number of piperazine rings is 1. The van der Waals surface area contributed by atoms with E-state index in [-0.39, 0.29) is 0 Å². The van der Waals surface area contributed by atoms with Gasteiger partial charge in [0.25, 0.3) is 0 Å². The second-order valence-corrected chi connectivity index (χ2v) is 9.81. The van der Waals surface area contributed by atoms with E-state index in [1.54, 1.807) is 10.4 Å². The van der Waals surface area contributed by atoms with E-state index in [9.17, 15) is 8.42 Å². The average molecular weight is 437 g/mol. The quantitative estimate of drug-likeness (QED) is 0.723. The highest BCUT2D eigenvalue weighted by atomic mass is 79.9. The van der Waals surface area contributed by atoms with Crippen molar-refractivity contribution in [3.8, 4) is 0 Å². The molecule has 2 aromatic carbocycles. The van der Waals surface area contributed by atoms with Gasteiger partial charge < -0.3 is 4.90 Å². The highest BCUT2D eigenvalue weighted by Gasteiger charge is 2.30. The normalized spacial score (nSPS) is 16.1. The van der Waals surface area contributed by atoms with E-state index >= 15 is 0 Å². The fourth-order valence-electron chi connectivity index (χ4n) is 3.50. The zero-order valence-electron chi connectivity index (χ0n) is 15.7. The van der Waals surface area contributed by atoms with Crippen molar-refractivity contribution >= 4 is 31.6 Å². The van der Waals surface area contributed by atoms with Gasteiger partial charge in [-0.1, -0.05) is 33.6 Å². The highest BCUT2D eigenvalue weighted by molar-refractivity contribution is 9.10. The summed E-state index contributed by atoms with van der Waals surface area (Å²) >= 11 is 3.47. The van der Waals surface area contributed by atoms with Crippen LogP contribution in [-0.2, 0) is 10.0 Å². The van der Waals surface area contributed by atoms with Crippen LogP contribution in [0.25, 0.3) is 0 Å². The second kappa shape index (κ2) is 7.33. The van der Waals surface area contributed by atoms with Crippen molar-refractivity contribution in [2.45, 2.75) is 32.6 Å². The lowest BCUT2D eigenvalue weighted by molar-refractivity contribution is 0.384. The largest absolute Gasteiger partial charge is 0.369 e. The molecule has 2 aromatic rings. The number of anilines is 1. The first-order valence-corrected chi connectivity index (χ1v) is 11.0. The Morgan fingerprint density at radius 2 is 1.50 bits per heavy atom. The molecule has 0 aromatic heterocycles. The molecule has 26 heavy (non-hydrogen) atoms. The van der Waals surface area contributed by atoms with Crippen molar-refractivity contribution in [3.63, 3.8) is 0 Å². The molecular weight excluding hydrogens is 412 g/mol. The molecule has 0 amide bonds. The van der Waals surface area contributed by atoms with E-state index in [2.05, 4.69) is 52.9 Å². The fraction of sp³-hybridized carbons (Fsp3) is 0.400. The highest BCUT2D eigenvalue weighted by Crippen LogP contribution is 2.28. The molecule has 1 aliphatic rings. The third kappa shape index (κ3) is 3.68. The average Bonchev–Trinajstić information content (AvgIpc) is 2.58. The van der Waals surface area contributed by atoms with Crippen molar-refractivity contribution in [3.05, 3.63) is 57.1 Å². The van der Waals surface area contributed by atoms with Crippen LogP contribution in [0.4, 0.5) is 5.69 Å².